The number of rotatable bonds is 8. The fourth-order valence-electron chi connectivity index (χ4n) is 3.30. The molecule has 1 aromatic heterocycles. The number of carbonyl (C=O) groups is 2. The molecule has 3 aromatic rings. The molecule has 1 heterocycles. The first kappa shape index (κ1) is 24.4. The van der Waals surface area contributed by atoms with Crippen molar-refractivity contribution in [1.82, 2.24) is 4.98 Å². The first-order valence-corrected chi connectivity index (χ1v) is 13.0. The van der Waals surface area contributed by atoms with E-state index in [4.69, 9.17) is 0 Å². The van der Waals surface area contributed by atoms with Crippen molar-refractivity contribution in [3.63, 3.8) is 0 Å². The van der Waals surface area contributed by atoms with Gasteiger partial charge < -0.3 is 5.32 Å². The van der Waals surface area contributed by atoms with E-state index in [0.29, 0.717) is 10.8 Å². The maximum absolute atomic E-state index is 13.0. The Labute approximate surface area is 197 Å². The summed E-state index contributed by atoms with van der Waals surface area (Å²) >= 11 is 1.33. The molecule has 0 aliphatic carbocycles. The molecule has 0 aliphatic heterocycles. The van der Waals surface area contributed by atoms with E-state index in [9.17, 15) is 18.0 Å². The lowest BCUT2D eigenvalue weighted by Gasteiger charge is -2.12. The summed E-state index contributed by atoms with van der Waals surface area (Å²) in [5, 5.41) is 5.73. The van der Waals surface area contributed by atoms with Gasteiger partial charge in [-0.25, -0.2) is 13.4 Å². The number of anilines is 3. The van der Waals surface area contributed by atoms with Gasteiger partial charge in [0, 0.05) is 23.1 Å². The minimum atomic E-state index is -3.62. The maximum Gasteiger partial charge on any atom is 0.259 e. The van der Waals surface area contributed by atoms with Crippen LogP contribution >= 0.6 is 11.3 Å². The smallest absolute Gasteiger partial charge is 0.259 e. The van der Waals surface area contributed by atoms with E-state index in [2.05, 4.69) is 39.4 Å². The first-order valence-electron chi connectivity index (χ1n) is 10.3. The van der Waals surface area contributed by atoms with Crippen LogP contribution in [0.3, 0.4) is 0 Å². The predicted molar refractivity (Wildman–Crippen MR) is 133 cm³/mol. The van der Waals surface area contributed by atoms with Crippen molar-refractivity contribution in [3.05, 3.63) is 58.5 Å². The van der Waals surface area contributed by atoms with Crippen LogP contribution in [-0.2, 0) is 21.2 Å². The van der Waals surface area contributed by atoms with Crippen LogP contribution in [0.4, 0.5) is 16.5 Å². The van der Waals surface area contributed by atoms with Crippen LogP contribution in [0.2, 0.25) is 0 Å². The monoisotopic (exact) mass is 486 g/mol. The SMILES string of the molecule is CCCc1ccc(-c2nc(NC(=O)c3cc(NC(C)=O)ccc3NS(C)(=O)=O)sc2C)cc1. The Kier molecular flexibility index (Phi) is 7.50. The zero-order valence-electron chi connectivity index (χ0n) is 18.9. The quantitative estimate of drug-likeness (QED) is 0.428. The third kappa shape index (κ3) is 6.62. The highest BCUT2D eigenvalue weighted by atomic mass is 32.2. The van der Waals surface area contributed by atoms with Crippen molar-refractivity contribution in [2.75, 3.05) is 21.6 Å². The van der Waals surface area contributed by atoms with E-state index in [1.54, 1.807) is 0 Å². The van der Waals surface area contributed by atoms with Gasteiger partial charge in [0.2, 0.25) is 15.9 Å². The second kappa shape index (κ2) is 10.1. The van der Waals surface area contributed by atoms with Crippen molar-refractivity contribution in [2.45, 2.75) is 33.6 Å². The number of benzene rings is 2. The van der Waals surface area contributed by atoms with Gasteiger partial charge in [-0.2, -0.15) is 0 Å². The van der Waals surface area contributed by atoms with Crippen molar-refractivity contribution in [3.8, 4) is 11.3 Å². The molecule has 3 rings (SSSR count). The minimum Gasteiger partial charge on any atom is -0.326 e. The largest absolute Gasteiger partial charge is 0.326 e. The van der Waals surface area contributed by atoms with Crippen molar-refractivity contribution in [1.29, 1.82) is 0 Å². The number of aromatic nitrogens is 1. The topological polar surface area (TPSA) is 117 Å². The Morgan fingerprint density at radius 3 is 2.36 bits per heavy atom. The van der Waals surface area contributed by atoms with Gasteiger partial charge in [-0.05, 0) is 37.1 Å². The number of thiazole rings is 1. The molecule has 0 atom stereocenters. The standard InChI is InChI=1S/C23H26N4O4S2/c1-5-6-16-7-9-17(10-8-16)21-14(2)32-23(25-21)26-22(29)19-13-18(24-15(3)28)11-12-20(19)27-33(4,30)31/h7-13,27H,5-6H2,1-4H3,(H,24,28)(H,25,26,29). The lowest BCUT2D eigenvalue weighted by atomic mass is 10.1. The van der Waals surface area contributed by atoms with Crippen molar-refractivity contribution >= 4 is 49.7 Å². The fraction of sp³-hybridized carbons (Fsp3) is 0.261. The molecule has 0 radical (unpaired) electrons. The Bertz CT molecular complexity index is 1280. The molecule has 0 saturated heterocycles. The molecule has 8 nitrogen and oxygen atoms in total. The fourth-order valence-corrected chi connectivity index (χ4v) is 4.71. The van der Waals surface area contributed by atoms with E-state index in [1.165, 1.54) is 42.0 Å². The number of nitrogens with one attached hydrogen (secondary N) is 3. The average molecular weight is 487 g/mol. The predicted octanol–water partition coefficient (Wildman–Crippen LogP) is 4.65. The number of aryl methyl sites for hydroxylation is 2. The average Bonchev–Trinajstić information content (AvgIpc) is 3.08. The van der Waals surface area contributed by atoms with Gasteiger partial charge in [0.1, 0.15) is 0 Å². The van der Waals surface area contributed by atoms with E-state index >= 15 is 0 Å². The number of carbonyl (C=O) groups excluding carboxylic acids is 2. The number of nitrogens with zero attached hydrogens (tertiary/aromatic N) is 1. The molecule has 0 bridgehead atoms. The van der Waals surface area contributed by atoms with Crippen molar-refractivity contribution < 1.29 is 18.0 Å². The molecule has 3 N–H and O–H groups in total. The Morgan fingerprint density at radius 2 is 1.76 bits per heavy atom. The van der Waals surface area contributed by atoms with Crippen LogP contribution < -0.4 is 15.4 Å². The van der Waals surface area contributed by atoms with Crippen LogP contribution in [0.25, 0.3) is 11.3 Å². The van der Waals surface area contributed by atoms with Gasteiger partial charge in [-0.15, -0.1) is 11.3 Å². The summed E-state index contributed by atoms with van der Waals surface area (Å²) in [5.74, 6) is -0.859. The second-order valence-corrected chi connectivity index (χ2v) is 10.6. The molecule has 33 heavy (non-hydrogen) atoms. The Hall–Kier alpha value is -3.24. The summed E-state index contributed by atoms with van der Waals surface area (Å²) in [6.07, 6.45) is 3.09. The Morgan fingerprint density at radius 1 is 1.06 bits per heavy atom. The highest BCUT2D eigenvalue weighted by molar-refractivity contribution is 7.92. The minimum absolute atomic E-state index is 0.0602. The number of sulfonamides is 1. The van der Waals surface area contributed by atoms with E-state index in [1.807, 2.05) is 19.1 Å². The molecule has 0 spiro atoms. The normalized spacial score (nSPS) is 11.2. The third-order valence-corrected chi connectivity index (χ3v) is 6.14. The molecule has 10 heteroatoms. The summed E-state index contributed by atoms with van der Waals surface area (Å²) in [6.45, 7) is 5.41. The first-order chi connectivity index (χ1) is 15.6. The number of amides is 2. The highest BCUT2D eigenvalue weighted by Gasteiger charge is 2.18. The van der Waals surface area contributed by atoms with Gasteiger partial charge in [0.25, 0.3) is 5.91 Å². The molecule has 2 aromatic carbocycles. The van der Waals surface area contributed by atoms with Crippen LogP contribution in [0.15, 0.2) is 42.5 Å². The van der Waals surface area contributed by atoms with E-state index < -0.39 is 15.9 Å². The van der Waals surface area contributed by atoms with Crippen molar-refractivity contribution in [2.24, 2.45) is 0 Å². The molecule has 174 valence electrons. The molecule has 0 unspecified atom stereocenters. The summed E-state index contributed by atoms with van der Waals surface area (Å²) < 4.78 is 25.8. The van der Waals surface area contributed by atoms with E-state index in [-0.39, 0.29) is 17.2 Å². The second-order valence-electron chi connectivity index (χ2n) is 7.64. The number of hydrogen-bond acceptors (Lipinski definition) is 6. The summed E-state index contributed by atoms with van der Waals surface area (Å²) in [6, 6.07) is 12.5. The lowest BCUT2D eigenvalue weighted by molar-refractivity contribution is -0.114. The number of hydrogen-bond donors (Lipinski definition) is 3. The van der Waals surface area contributed by atoms with Crippen LogP contribution in [0.1, 0.15) is 41.1 Å². The van der Waals surface area contributed by atoms with Gasteiger partial charge >= 0.3 is 0 Å². The third-order valence-electron chi connectivity index (χ3n) is 4.66. The molecule has 0 fully saturated rings. The summed E-state index contributed by atoms with van der Waals surface area (Å²) in [7, 11) is -3.62. The van der Waals surface area contributed by atoms with Gasteiger partial charge in [-0.3, -0.25) is 19.6 Å². The molecule has 2 amide bonds. The van der Waals surface area contributed by atoms with Crippen LogP contribution in [-0.4, -0.2) is 31.5 Å². The molecular formula is C23H26N4O4S2. The van der Waals surface area contributed by atoms with Gasteiger partial charge in [0.05, 0.1) is 23.2 Å². The molecular weight excluding hydrogens is 460 g/mol. The zero-order chi connectivity index (χ0) is 24.2. The lowest BCUT2D eigenvalue weighted by Crippen LogP contribution is -2.18. The van der Waals surface area contributed by atoms with Crippen LogP contribution in [0.5, 0.6) is 0 Å². The van der Waals surface area contributed by atoms with Gasteiger partial charge in [0.15, 0.2) is 5.13 Å². The van der Waals surface area contributed by atoms with E-state index in [0.717, 1.165) is 35.2 Å². The van der Waals surface area contributed by atoms with Crippen LogP contribution in [0, 0.1) is 6.92 Å². The molecule has 0 aliphatic rings. The summed E-state index contributed by atoms with van der Waals surface area (Å²) in [5.41, 5.74) is 3.52. The Balaban J connectivity index is 1.88. The molecule has 0 saturated carbocycles. The summed E-state index contributed by atoms with van der Waals surface area (Å²) in [4.78, 5) is 30.0. The highest BCUT2D eigenvalue weighted by Crippen LogP contribution is 2.31. The zero-order valence-corrected chi connectivity index (χ0v) is 20.5. The van der Waals surface area contributed by atoms with Gasteiger partial charge in [-0.1, -0.05) is 37.6 Å². The maximum atomic E-state index is 13.0.